The average Bonchev–Trinajstić information content (AvgIpc) is 2.91. The first kappa shape index (κ1) is 13.1. The van der Waals surface area contributed by atoms with Gasteiger partial charge in [0, 0.05) is 19.0 Å². The molecule has 2 aliphatic rings. The zero-order chi connectivity index (χ0) is 13.2. The van der Waals surface area contributed by atoms with Gasteiger partial charge in [-0.15, -0.1) is 0 Å². The number of aliphatic carboxylic acids is 1. The summed E-state index contributed by atoms with van der Waals surface area (Å²) < 4.78 is 0. The summed E-state index contributed by atoms with van der Waals surface area (Å²) in [4.78, 5) is 25.4. The van der Waals surface area contributed by atoms with E-state index in [-0.39, 0.29) is 11.8 Å². The lowest BCUT2D eigenvalue weighted by Crippen LogP contribution is -2.47. The molecular formula is C14H21NO3. The maximum absolute atomic E-state index is 12.2. The Kier molecular flexibility index (Phi) is 3.73. The normalized spacial score (nSPS) is 23.3. The zero-order valence-corrected chi connectivity index (χ0v) is 10.9. The van der Waals surface area contributed by atoms with Gasteiger partial charge in [0.15, 0.2) is 0 Å². The molecule has 0 aromatic heterocycles. The van der Waals surface area contributed by atoms with Gasteiger partial charge in [0.25, 0.3) is 0 Å². The second-order valence-corrected chi connectivity index (χ2v) is 5.40. The number of carbonyl (C=O) groups is 2. The van der Waals surface area contributed by atoms with Crippen LogP contribution >= 0.6 is 0 Å². The summed E-state index contributed by atoms with van der Waals surface area (Å²) in [5, 5.41) is 9.31. The van der Waals surface area contributed by atoms with Crippen molar-refractivity contribution in [2.24, 2.45) is 11.3 Å². The van der Waals surface area contributed by atoms with E-state index in [2.05, 4.69) is 12.2 Å². The zero-order valence-electron chi connectivity index (χ0n) is 10.9. The van der Waals surface area contributed by atoms with Crippen LogP contribution in [-0.2, 0) is 9.59 Å². The van der Waals surface area contributed by atoms with Crippen molar-refractivity contribution in [3.05, 3.63) is 12.2 Å². The van der Waals surface area contributed by atoms with Gasteiger partial charge in [-0.2, -0.15) is 0 Å². The Morgan fingerprint density at radius 1 is 1.28 bits per heavy atom. The summed E-state index contributed by atoms with van der Waals surface area (Å²) in [7, 11) is 0. The Labute approximate surface area is 108 Å². The van der Waals surface area contributed by atoms with E-state index >= 15 is 0 Å². The van der Waals surface area contributed by atoms with E-state index in [1.807, 2.05) is 11.8 Å². The maximum atomic E-state index is 12.2. The highest BCUT2D eigenvalue weighted by atomic mass is 16.4. The number of hydrogen-bond donors (Lipinski definition) is 1. The Balaban J connectivity index is 1.93. The Hall–Kier alpha value is -1.32. The first-order valence-corrected chi connectivity index (χ1v) is 6.76. The predicted molar refractivity (Wildman–Crippen MR) is 68.0 cm³/mol. The van der Waals surface area contributed by atoms with Crippen molar-refractivity contribution in [3.63, 3.8) is 0 Å². The molecule has 0 radical (unpaired) electrons. The van der Waals surface area contributed by atoms with E-state index in [1.54, 1.807) is 0 Å². The number of carboxylic acids is 1. The lowest BCUT2D eigenvalue weighted by atomic mass is 9.76. The number of hydrogen-bond acceptors (Lipinski definition) is 2. The largest absolute Gasteiger partial charge is 0.481 e. The SMILES string of the molecule is CCC1(C(=O)O)CCN(C(=O)C2CC=CC2)CC1. The lowest BCUT2D eigenvalue weighted by Gasteiger charge is -2.39. The number of likely N-dealkylation sites (tertiary alicyclic amines) is 1. The third kappa shape index (κ3) is 2.28. The Morgan fingerprint density at radius 2 is 1.83 bits per heavy atom. The fraction of sp³-hybridized carbons (Fsp3) is 0.714. The first-order chi connectivity index (χ1) is 8.59. The molecule has 1 amide bonds. The van der Waals surface area contributed by atoms with Gasteiger partial charge in [-0.25, -0.2) is 0 Å². The molecule has 1 aliphatic carbocycles. The van der Waals surface area contributed by atoms with Crippen LogP contribution in [0.1, 0.15) is 39.0 Å². The minimum Gasteiger partial charge on any atom is -0.481 e. The van der Waals surface area contributed by atoms with Crippen LogP contribution in [0.15, 0.2) is 12.2 Å². The van der Waals surface area contributed by atoms with Gasteiger partial charge in [-0.1, -0.05) is 19.1 Å². The van der Waals surface area contributed by atoms with Crippen molar-refractivity contribution < 1.29 is 14.7 Å². The molecule has 1 saturated heterocycles. The molecule has 0 aromatic carbocycles. The molecule has 18 heavy (non-hydrogen) atoms. The summed E-state index contributed by atoms with van der Waals surface area (Å²) in [5.41, 5.74) is -0.606. The summed E-state index contributed by atoms with van der Waals surface area (Å²) in [6, 6.07) is 0. The van der Waals surface area contributed by atoms with Crippen LogP contribution in [-0.4, -0.2) is 35.0 Å². The summed E-state index contributed by atoms with van der Waals surface area (Å²) in [6.45, 7) is 3.11. The molecule has 4 nitrogen and oxygen atoms in total. The molecule has 1 heterocycles. The number of carbonyl (C=O) groups excluding carboxylic acids is 1. The first-order valence-electron chi connectivity index (χ1n) is 6.76. The maximum Gasteiger partial charge on any atom is 0.309 e. The molecule has 0 aromatic rings. The van der Waals surface area contributed by atoms with E-state index in [1.165, 1.54) is 0 Å². The minimum atomic E-state index is -0.709. The third-order valence-electron chi connectivity index (χ3n) is 4.52. The second-order valence-electron chi connectivity index (χ2n) is 5.40. The highest BCUT2D eigenvalue weighted by Gasteiger charge is 2.41. The fourth-order valence-electron chi connectivity index (χ4n) is 2.95. The third-order valence-corrected chi connectivity index (χ3v) is 4.52. The number of carboxylic acid groups (broad SMARTS) is 1. The van der Waals surface area contributed by atoms with Gasteiger partial charge < -0.3 is 10.0 Å². The quantitative estimate of drug-likeness (QED) is 0.781. The van der Waals surface area contributed by atoms with Crippen LogP contribution in [0.3, 0.4) is 0 Å². The molecule has 100 valence electrons. The van der Waals surface area contributed by atoms with Crippen LogP contribution in [0.5, 0.6) is 0 Å². The summed E-state index contributed by atoms with van der Waals surface area (Å²) in [5.74, 6) is -0.404. The van der Waals surface area contributed by atoms with E-state index in [0.717, 1.165) is 12.8 Å². The number of allylic oxidation sites excluding steroid dienone is 2. The van der Waals surface area contributed by atoms with E-state index in [4.69, 9.17) is 0 Å². The van der Waals surface area contributed by atoms with Crippen molar-refractivity contribution in [2.45, 2.75) is 39.0 Å². The molecule has 1 N–H and O–H groups in total. The standard InChI is InChI=1S/C14H21NO3/c1-2-14(13(17)18)7-9-15(10-8-14)12(16)11-5-3-4-6-11/h3-4,11H,2,5-10H2,1H3,(H,17,18). The Morgan fingerprint density at radius 3 is 2.28 bits per heavy atom. The second kappa shape index (κ2) is 5.12. The topological polar surface area (TPSA) is 57.6 Å². The van der Waals surface area contributed by atoms with Gasteiger partial charge in [0.2, 0.25) is 5.91 Å². The predicted octanol–water partition coefficient (Wildman–Crippen LogP) is 2.06. The molecule has 2 rings (SSSR count). The van der Waals surface area contributed by atoms with Crippen LogP contribution in [0, 0.1) is 11.3 Å². The van der Waals surface area contributed by atoms with E-state index in [0.29, 0.717) is 32.4 Å². The van der Waals surface area contributed by atoms with Gasteiger partial charge in [0.05, 0.1) is 5.41 Å². The molecule has 0 atom stereocenters. The van der Waals surface area contributed by atoms with Crippen molar-refractivity contribution in [3.8, 4) is 0 Å². The van der Waals surface area contributed by atoms with Crippen LogP contribution in [0.4, 0.5) is 0 Å². The molecule has 1 fully saturated rings. The molecular weight excluding hydrogens is 230 g/mol. The smallest absolute Gasteiger partial charge is 0.309 e. The van der Waals surface area contributed by atoms with Crippen LogP contribution < -0.4 is 0 Å². The van der Waals surface area contributed by atoms with Crippen molar-refractivity contribution in [1.82, 2.24) is 4.90 Å². The average molecular weight is 251 g/mol. The lowest BCUT2D eigenvalue weighted by molar-refractivity contribution is -0.155. The van der Waals surface area contributed by atoms with Gasteiger partial charge in [0.1, 0.15) is 0 Å². The van der Waals surface area contributed by atoms with Gasteiger partial charge >= 0.3 is 5.97 Å². The highest BCUT2D eigenvalue weighted by molar-refractivity contribution is 5.80. The monoisotopic (exact) mass is 251 g/mol. The summed E-state index contributed by atoms with van der Waals surface area (Å²) in [6.07, 6.45) is 7.62. The molecule has 0 saturated carbocycles. The number of rotatable bonds is 3. The molecule has 4 heteroatoms. The van der Waals surface area contributed by atoms with Crippen LogP contribution in [0.2, 0.25) is 0 Å². The van der Waals surface area contributed by atoms with E-state index < -0.39 is 11.4 Å². The summed E-state index contributed by atoms with van der Waals surface area (Å²) >= 11 is 0. The van der Waals surface area contributed by atoms with Gasteiger partial charge in [-0.05, 0) is 32.1 Å². The number of piperidine rings is 1. The van der Waals surface area contributed by atoms with Crippen molar-refractivity contribution in [1.29, 1.82) is 0 Å². The van der Waals surface area contributed by atoms with E-state index in [9.17, 15) is 14.7 Å². The Bertz CT molecular complexity index is 359. The molecule has 0 unspecified atom stereocenters. The number of amides is 1. The van der Waals surface area contributed by atoms with Crippen LogP contribution in [0.25, 0.3) is 0 Å². The van der Waals surface area contributed by atoms with Gasteiger partial charge in [-0.3, -0.25) is 9.59 Å². The molecule has 1 aliphatic heterocycles. The number of nitrogens with zero attached hydrogens (tertiary/aromatic N) is 1. The molecule has 0 spiro atoms. The highest BCUT2D eigenvalue weighted by Crippen LogP contribution is 2.36. The minimum absolute atomic E-state index is 0.101. The fourth-order valence-corrected chi connectivity index (χ4v) is 2.95. The molecule has 0 bridgehead atoms. The van der Waals surface area contributed by atoms with Crippen molar-refractivity contribution >= 4 is 11.9 Å². The van der Waals surface area contributed by atoms with Crippen molar-refractivity contribution in [2.75, 3.05) is 13.1 Å².